The Morgan fingerprint density at radius 3 is 2.56 bits per heavy atom. The molecule has 3 atom stereocenters. The number of likely N-dealkylation sites (N-methyl/N-ethyl adjacent to an activating group) is 1. The van der Waals surface area contributed by atoms with Crippen LogP contribution in [0.5, 0.6) is 5.75 Å². The Morgan fingerprint density at radius 1 is 1.34 bits per heavy atom. The van der Waals surface area contributed by atoms with Crippen LogP contribution in [-0.4, -0.2) is 85.9 Å². The topological polar surface area (TPSA) is 128 Å². The molecule has 1 heterocycles. The molecular formula is C21H34N4O6S. The zero-order valence-corrected chi connectivity index (χ0v) is 20.3. The average molecular weight is 471 g/mol. The van der Waals surface area contributed by atoms with Crippen LogP contribution in [0.15, 0.2) is 18.2 Å². The molecule has 2 rings (SSSR count). The van der Waals surface area contributed by atoms with Gasteiger partial charge in [0, 0.05) is 25.6 Å². The second-order valence-corrected chi connectivity index (χ2v) is 10.7. The number of amides is 3. The number of nitrogens with one attached hydrogen (secondary N) is 2. The lowest BCUT2D eigenvalue weighted by Gasteiger charge is -2.38. The zero-order chi connectivity index (χ0) is 24.2. The van der Waals surface area contributed by atoms with E-state index in [2.05, 4.69) is 10.6 Å². The second-order valence-electron chi connectivity index (χ2n) is 8.60. The molecule has 0 bridgehead atoms. The van der Waals surface area contributed by atoms with Gasteiger partial charge in [-0.05, 0) is 32.9 Å². The van der Waals surface area contributed by atoms with E-state index in [4.69, 9.17) is 4.74 Å². The third-order valence-electron chi connectivity index (χ3n) is 5.36. The van der Waals surface area contributed by atoms with Gasteiger partial charge in [-0.1, -0.05) is 13.0 Å². The molecule has 1 aliphatic rings. The molecule has 0 aromatic heterocycles. The number of para-hydroxylation sites is 1. The number of ether oxygens (including phenoxy) is 1. The predicted molar refractivity (Wildman–Crippen MR) is 122 cm³/mol. The molecule has 0 spiro atoms. The van der Waals surface area contributed by atoms with Crippen LogP contribution < -0.4 is 15.4 Å². The Hall–Kier alpha value is -2.37. The van der Waals surface area contributed by atoms with Crippen LogP contribution in [0.1, 0.15) is 38.1 Å². The summed E-state index contributed by atoms with van der Waals surface area (Å²) in [6, 6.07) is 3.84. The molecule has 0 saturated heterocycles. The number of urea groups is 1. The highest BCUT2D eigenvalue weighted by Crippen LogP contribution is 2.35. The highest BCUT2D eigenvalue weighted by molar-refractivity contribution is 7.88. The van der Waals surface area contributed by atoms with Gasteiger partial charge in [0.1, 0.15) is 6.10 Å². The first-order valence-electron chi connectivity index (χ1n) is 10.6. The Morgan fingerprint density at radius 2 is 2.00 bits per heavy atom. The molecule has 0 saturated carbocycles. The van der Waals surface area contributed by atoms with Crippen molar-refractivity contribution in [2.24, 2.45) is 5.92 Å². The summed E-state index contributed by atoms with van der Waals surface area (Å²) in [6.45, 7) is 7.34. The molecule has 180 valence electrons. The number of aliphatic hydroxyl groups excluding tert-OH is 1. The average Bonchev–Trinajstić information content (AvgIpc) is 2.69. The summed E-state index contributed by atoms with van der Waals surface area (Å²) in [4.78, 5) is 27.2. The van der Waals surface area contributed by atoms with Gasteiger partial charge >= 0.3 is 6.03 Å². The van der Waals surface area contributed by atoms with Crippen LogP contribution >= 0.6 is 0 Å². The number of rotatable bonds is 7. The van der Waals surface area contributed by atoms with Crippen LogP contribution in [0.2, 0.25) is 0 Å². The number of aliphatic hydroxyl groups is 1. The highest BCUT2D eigenvalue weighted by Gasteiger charge is 2.35. The van der Waals surface area contributed by atoms with E-state index >= 15 is 0 Å². The molecule has 1 aliphatic heterocycles. The SMILES string of the molecule is CC(C)NC(=O)Nc1cccc2c1O[C@H](CN(C)S(C)(=O)=O)[C@H](C)CN([C@@H](C)CO)C2=O. The molecule has 1 aromatic carbocycles. The van der Waals surface area contributed by atoms with Crippen LogP contribution in [0.3, 0.4) is 0 Å². The van der Waals surface area contributed by atoms with Gasteiger partial charge in [-0.15, -0.1) is 0 Å². The summed E-state index contributed by atoms with van der Waals surface area (Å²) in [5.41, 5.74) is 0.526. The van der Waals surface area contributed by atoms with E-state index in [0.717, 1.165) is 6.26 Å². The van der Waals surface area contributed by atoms with Gasteiger partial charge in [0.2, 0.25) is 10.0 Å². The Balaban J connectivity index is 2.54. The molecular weight excluding hydrogens is 436 g/mol. The Labute approximate surface area is 190 Å². The first kappa shape index (κ1) is 25.9. The summed E-state index contributed by atoms with van der Waals surface area (Å²) < 4.78 is 31.4. The summed E-state index contributed by atoms with van der Waals surface area (Å²) in [7, 11) is -2.00. The summed E-state index contributed by atoms with van der Waals surface area (Å²) in [5.74, 6) is -0.427. The number of nitrogens with zero attached hydrogens (tertiary/aromatic N) is 2. The van der Waals surface area contributed by atoms with Crippen molar-refractivity contribution < 1.29 is 27.9 Å². The van der Waals surface area contributed by atoms with Gasteiger partial charge in [0.05, 0.1) is 36.7 Å². The highest BCUT2D eigenvalue weighted by atomic mass is 32.2. The van der Waals surface area contributed by atoms with Crippen LogP contribution in [0, 0.1) is 5.92 Å². The van der Waals surface area contributed by atoms with Crippen molar-refractivity contribution in [3.05, 3.63) is 23.8 Å². The zero-order valence-electron chi connectivity index (χ0n) is 19.5. The van der Waals surface area contributed by atoms with E-state index < -0.39 is 28.2 Å². The summed E-state index contributed by atoms with van der Waals surface area (Å²) >= 11 is 0. The van der Waals surface area contributed by atoms with Crippen molar-refractivity contribution in [1.29, 1.82) is 0 Å². The van der Waals surface area contributed by atoms with Gasteiger partial charge in [-0.3, -0.25) is 4.79 Å². The molecule has 0 fully saturated rings. The smallest absolute Gasteiger partial charge is 0.319 e. The van der Waals surface area contributed by atoms with Gasteiger partial charge in [0.15, 0.2) is 5.75 Å². The quantitative estimate of drug-likeness (QED) is 0.552. The lowest BCUT2D eigenvalue weighted by atomic mass is 9.99. The number of anilines is 1. The van der Waals surface area contributed by atoms with E-state index in [1.165, 1.54) is 11.4 Å². The van der Waals surface area contributed by atoms with E-state index in [0.29, 0.717) is 5.69 Å². The maximum Gasteiger partial charge on any atom is 0.319 e. The Kier molecular flexibility index (Phi) is 8.49. The Bertz CT molecular complexity index is 936. The molecule has 0 aliphatic carbocycles. The maximum absolute atomic E-state index is 13.3. The number of carbonyl (C=O) groups is 2. The molecule has 10 nitrogen and oxygen atoms in total. The van der Waals surface area contributed by atoms with Gasteiger partial charge in [0.25, 0.3) is 5.91 Å². The first-order chi connectivity index (χ1) is 14.8. The van der Waals surface area contributed by atoms with E-state index in [9.17, 15) is 23.1 Å². The first-order valence-corrected chi connectivity index (χ1v) is 12.4. The van der Waals surface area contributed by atoms with Gasteiger partial charge in [-0.25, -0.2) is 17.5 Å². The molecule has 0 unspecified atom stereocenters. The van der Waals surface area contributed by atoms with Crippen molar-refractivity contribution in [2.75, 3.05) is 38.3 Å². The minimum Gasteiger partial charge on any atom is -0.486 e. The number of carbonyl (C=O) groups excluding carboxylic acids is 2. The summed E-state index contributed by atoms with van der Waals surface area (Å²) in [6.07, 6.45) is 0.507. The van der Waals surface area contributed by atoms with Crippen molar-refractivity contribution in [3.63, 3.8) is 0 Å². The molecule has 1 aromatic rings. The van der Waals surface area contributed by atoms with E-state index in [-0.39, 0.29) is 48.9 Å². The van der Waals surface area contributed by atoms with Crippen molar-refractivity contribution in [3.8, 4) is 5.75 Å². The van der Waals surface area contributed by atoms with Crippen LogP contribution in [0.4, 0.5) is 10.5 Å². The fourth-order valence-corrected chi connectivity index (χ4v) is 3.79. The largest absolute Gasteiger partial charge is 0.486 e. The lowest BCUT2D eigenvalue weighted by molar-refractivity contribution is 0.0389. The van der Waals surface area contributed by atoms with Gasteiger partial charge in [-0.2, -0.15) is 0 Å². The molecule has 3 amide bonds. The number of sulfonamides is 1. The number of benzene rings is 1. The van der Waals surface area contributed by atoms with Crippen LogP contribution in [-0.2, 0) is 10.0 Å². The standard InChI is InChI=1S/C21H34N4O6S/c1-13(2)22-21(28)23-17-9-7-8-16-19(17)31-18(11-24(5)32(6,29)30)14(3)10-25(20(16)27)15(4)12-26/h7-9,13-15,18,26H,10-12H2,1-6H3,(H2,22,23,28)/t14-,15+,18-/m1/s1. The summed E-state index contributed by atoms with van der Waals surface area (Å²) in [5, 5.41) is 15.1. The molecule has 3 N–H and O–H groups in total. The minimum atomic E-state index is -3.46. The van der Waals surface area contributed by atoms with Crippen molar-refractivity contribution in [2.45, 2.75) is 45.9 Å². The number of hydrogen-bond donors (Lipinski definition) is 3. The fourth-order valence-electron chi connectivity index (χ4n) is 3.37. The third-order valence-corrected chi connectivity index (χ3v) is 6.64. The number of fused-ring (bicyclic) bond motifs is 1. The van der Waals surface area contributed by atoms with Gasteiger partial charge < -0.3 is 25.4 Å². The van der Waals surface area contributed by atoms with Crippen LogP contribution in [0.25, 0.3) is 0 Å². The monoisotopic (exact) mass is 470 g/mol. The molecule has 32 heavy (non-hydrogen) atoms. The maximum atomic E-state index is 13.3. The van der Waals surface area contributed by atoms with Crippen molar-refractivity contribution in [1.82, 2.24) is 14.5 Å². The van der Waals surface area contributed by atoms with Crippen molar-refractivity contribution >= 4 is 27.6 Å². The molecule has 11 heteroatoms. The number of hydrogen-bond acceptors (Lipinski definition) is 6. The minimum absolute atomic E-state index is 0.0570. The second kappa shape index (κ2) is 10.5. The predicted octanol–water partition coefficient (Wildman–Crippen LogP) is 1.33. The lowest BCUT2D eigenvalue weighted by Crippen LogP contribution is -2.50. The normalized spacial score (nSPS) is 20.3. The fraction of sp³-hybridized carbons (Fsp3) is 0.619. The van der Waals surface area contributed by atoms with E-state index in [1.807, 2.05) is 20.8 Å². The van der Waals surface area contributed by atoms with E-state index in [1.54, 1.807) is 30.0 Å². The molecule has 0 radical (unpaired) electrons. The third kappa shape index (κ3) is 6.33.